The highest BCUT2D eigenvalue weighted by molar-refractivity contribution is 5.75. The summed E-state index contributed by atoms with van der Waals surface area (Å²) in [4.78, 5) is 22.9. The standard InChI is InChI=1S/C14H22O5/c1-4-14(2,3)12(15)17-8-9-5-6-10-11(7-9)19-13(16)18-10/h9-11H,4-8H2,1-3H3. The molecule has 1 heterocycles. The van der Waals surface area contributed by atoms with Gasteiger partial charge in [0.05, 0.1) is 12.0 Å². The molecule has 0 spiro atoms. The summed E-state index contributed by atoms with van der Waals surface area (Å²) in [6.45, 7) is 6.16. The van der Waals surface area contributed by atoms with Crippen LogP contribution in [0.3, 0.4) is 0 Å². The van der Waals surface area contributed by atoms with Gasteiger partial charge in [-0.15, -0.1) is 0 Å². The largest absolute Gasteiger partial charge is 0.509 e. The van der Waals surface area contributed by atoms with Crippen LogP contribution in [0.2, 0.25) is 0 Å². The van der Waals surface area contributed by atoms with Crippen molar-refractivity contribution in [2.24, 2.45) is 11.3 Å². The number of esters is 1. The number of hydrogen-bond acceptors (Lipinski definition) is 5. The fraction of sp³-hybridized carbons (Fsp3) is 0.857. The van der Waals surface area contributed by atoms with Crippen LogP contribution >= 0.6 is 0 Å². The van der Waals surface area contributed by atoms with E-state index in [9.17, 15) is 9.59 Å². The van der Waals surface area contributed by atoms with Crippen LogP contribution in [-0.4, -0.2) is 30.9 Å². The predicted molar refractivity (Wildman–Crippen MR) is 67.5 cm³/mol. The Balaban J connectivity index is 1.79. The monoisotopic (exact) mass is 270 g/mol. The maximum absolute atomic E-state index is 11.9. The van der Waals surface area contributed by atoms with Crippen molar-refractivity contribution in [2.45, 2.75) is 58.7 Å². The summed E-state index contributed by atoms with van der Waals surface area (Å²) in [6.07, 6.45) is 2.33. The van der Waals surface area contributed by atoms with Crippen LogP contribution in [0.15, 0.2) is 0 Å². The van der Waals surface area contributed by atoms with E-state index in [1.165, 1.54) is 0 Å². The van der Waals surface area contributed by atoms with Crippen molar-refractivity contribution >= 4 is 12.1 Å². The van der Waals surface area contributed by atoms with Crippen LogP contribution in [-0.2, 0) is 19.0 Å². The maximum Gasteiger partial charge on any atom is 0.509 e. The Morgan fingerprint density at radius 2 is 2.00 bits per heavy atom. The zero-order valence-electron chi connectivity index (χ0n) is 11.8. The molecule has 0 amide bonds. The van der Waals surface area contributed by atoms with Crippen molar-refractivity contribution in [3.8, 4) is 0 Å². The molecule has 2 aliphatic rings. The molecule has 0 radical (unpaired) electrons. The molecule has 3 unspecified atom stereocenters. The average Bonchev–Trinajstić information content (AvgIpc) is 2.74. The fourth-order valence-electron chi connectivity index (χ4n) is 2.40. The lowest BCUT2D eigenvalue weighted by Crippen LogP contribution is -2.34. The molecule has 1 saturated heterocycles. The van der Waals surface area contributed by atoms with Gasteiger partial charge in [-0.3, -0.25) is 4.79 Å². The van der Waals surface area contributed by atoms with E-state index in [0.717, 1.165) is 25.7 Å². The molecule has 2 fully saturated rings. The zero-order valence-corrected chi connectivity index (χ0v) is 11.8. The van der Waals surface area contributed by atoms with E-state index < -0.39 is 11.6 Å². The van der Waals surface area contributed by atoms with Gasteiger partial charge >= 0.3 is 12.1 Å². The molecule has 0 bridgehead atoms. The summed E-state index contributed by atoms with van der Waals surface area (Å²) < 4.78 is 15.5. The van der Waals surface area contributed by atoms with E-state index in [-0.39, 0.29) is 24.1 Å². The number of fused-ring (bicyclic) bond motifs is 1. The first kappa shape index (κ1) is 14.2. The number of rotatable bonds is 4. The van der Waals surface area contributed by atoms with Crippen molar-refractivity contribution in [3.63, 3.8) is 0 Å². The van der Waals surface area contributed by atoms with Gasteiger partial charge in [-0.25, -0.2) is 4.79 Å². The van der Waals surface area contributed by atoms with Gasteiger partial charge in [-0.1, -0.05) is 6.92 Å². The van der Waals surface area contributed by atoms with Gasteiger partial charge in [0.2, 0.25) is 0 Å². The van der Waals surface area contributed by atoms with E-state index in [4.69, 9.17) is 14.2 Å². The first-order chi connectivity index (χ1) is 8.92. The van der Waals surface area contributed by atoms with Gasteiger partial charge in [0.25, 0.3) is 0 Å². The van der Waals surface area contributed by atoms with E-state index >= 15 is 0 Å². The molecule has 1 aliphatic carbocycles. The highest BCUT2D eigenvalue weighted by Crippen LogP contribution is 2.33. The molecule has 108 valence electrons. The van der Waals surface area contributed by atoms with Gasteiger partial charge in [0, 0.05) is 0 Å². The Morgan fingerprint density at radius 3 is 2.68 bits per heavy atom. The van der Waals surface area contributed by atoms with Crippen LogP contribution in [0.5, 0.6) is 0 Å². The molecule has 5 heteroatoms. The molecule has 1 saturated carbocycles. The second-order valence-corrected chi connectivity index (χ2v) is 6.08. The van der Waals surface area contributed by atoms with E-state index in [2.05, 4.69) is 0 Å². The van der Waals surface area contributed by atoms with Crippen molar-refractivity contribution in [2.75, 3.05) is 6.61 Å². The van der Waals surface area contributed by atoms with Gasteiger partial charge < -0.3 is 14.2 Å². The first-order valence-corrected chi connectivity index (χ1v) is 6.97. The second-order valence-electron chi connectivity index (χ2n) is 6.08. The van der Waals surface area contributed by atoms with Crippen LogP contribution < -0.4 is 0 Å². The molecule has 3 atom stereocenters. The summed E-state index contributed by atoms with van der Waals surface area (Å²) in [6, 6.07) is 0. The smallest absolute Gasteiger partial charge is 0.465 e. The third-order valence-electron chi connectivity index (χ3n) is 4.22. The Kier molecular flexibility index (Phi) is 4.02. The normalized spacial score (nSPS) is 30.3. The minimum Gasteiger partial charge on any atom is -0.465 e. The van der Waals surface area contributed by atoms with E-state index in [1.807, 2.05) is 20.8 Å². The van der Waals surface area contributed by atoms with Crippen molar-refractivity contribution in [1.82, 2.24) is 0 Å². The maximum atomic E-state index is 11.9. The Labute approximate surface area is 113 Å². The van der Waals surface area contributed by atoms with Crippen LogP contribution in [0.25, 0.3) is 0 Å². The highest BCUT2D eigenvalue weighted by Gasteiger charge is 2.42. The van der Waals surface area contributed by atoms with Gasteiger partial charge in [0.15, 0.2) is 0 Å². The van der Waals surface area contributed by atoms with E-state index in [0.29, 0.717) is 6.61 Å². The molecule has 19 heavy (non-hydrogen) atoms. The number of hydrogen-bond donors (Lipinski definition) is 0. The summed E-state index contributed by atoms with van der Waals surface area (Å²) >= 11 is 0. The number of ether oxygens (including phenoxy) is 3. The molecule has 5 nitrogen and oxygen atoms in total. The molecular formula is C14H22O5. The molecule has 0 aromatic heterocycles. The van der Waals surface area contributed by atoms with Crippen molar-refractivity contribution in [3.05, 3.63) is 0 Å². The molecule has 0 N–H and O–H groups in total. The lowest BCUT2D eigenvalue weighted by molar-refractivity contribution is -0.156. The summed E-state index contributed by atoms with van der Waals surface area (Å²) in [5.74, 6) is 0.101. The minimum atomic E-state index is -0.570. The third kappa shape index (κ3) is 3.19. The number of carbonyl (C=O) groups is 2. The van der Waals surface area contributed by atoms with Crippen molar-refractivity contribution in [1.29, 1.82) is 0 Å². The summed E-state index contributed by atoms with van der Waals surface area (Å²) in [5.41, 5.74) is -0.430. The lowest BCUT2D eigenvalue weighted by atomic mass is 9.85. The lowest BCUT2D eigenvalue weighted by Gasteiger charge is -2.29. The molecular weight excluding hydrogens is 248 g/mol. The molecule has 0 aromatic carbocycles. The SMILES string of the molecule is CCC(C)(C)C(=O)OCC1CCC2OC(=O)OC2C1. The predicted octanol–water partition coefficient (Wildman–Crippen LogP) is 2.67. The third-order valence-corrected chi connectivity index (χ3v) is 4.22. The average molecular weight is 270 g/mol. The number of carbonyl (C=O) groups excluding carboxylic acids is 2. The topological polar surface area (TPSA) is 61.8 Å². The quantitative estimate of drug-likeness (QED) is 0.735. The molecule has 1 aliphatic heterocycles. The Morgan fingerprint density at radius 1 is 1.32 bits per heavy atom. The van der Waals surface area contributed by atoms with Gasteiger partial charge in [0.1, 0.15) is 12.2 Å². The van der Waals surface area contributed by atoms with Crippen LogP contribution in [0, 0.1) is 11.3 Å². The second kappa shape index (κ2) is 5.39. The molecule has 0 aromatic rings. The minimum absolute atomic E-state index is 0.105. The summed E-state index contributed by atoms with van der Waals surface area (Å²) in [5, 5.41) is 0. The fourth-order valence-corrected chi connectivity index (χ4v) is 2.40. The summed E-state index contributed by atoms with van der Waals surface area (Å²) in [7, 11) is 0. The Hall–Kier alpha value is -1.26. The highest BCUT2D eigenvalue weighted by atomic mass is 16.8. The van der Waals surface area contributed by atoms with Crippen molar-refractivity contribution < 1.29 is 23.8 Å². The zero-order chi connectivity index (χ0) is 14.0. The first-order valence-electron chi connectivity index (χ1n) is 6.97. The van der Waals surface area contributed by atoms with Gasteiger partial charge in [-0.05, 0) is 45.4 Å². The van der Waals surface area contributed by atoms with Gasteiger partial charge in [-0.2, -0.15) is 0 Å². The molecule has 2 rings (SSSR count). The Bertz CT molecular complexity index is 363. The van der Waals surface area contributed by atoms with Crippen LogP contribution in [0.1, 0.15) is 46.5 Å². The van der Waals surface area contributed by atoms with E-state index in [1.54, 1.807) is 0 Å². The van der Waals surface area contributed by atoms with Crippen LogP contribution in [0.4, 0.5) is 4.79 Å².